The van der Waals surface area contributed by atoms with Crippen LogP contribution in [0.5, 0.6) is 5.75 Å². The molecule has 0 bridgehead atoms. The van der Waals surface area contributed by atoms with Crippen LogP contribution in [0.15, 0.2) is 35.5 Å². The Bertz CT molecular complexity index is 1220. The number of rotatable bonds is 6. The highest BCUT2D eigenvalue weighted by Crippen LogP contribution is 2.31. The standard InChI is InChI=1S/C20H20N6O2S2/c1-11-9-12(2)25-26-18(11)23-24-20(26)29-10-16(27)21-19-22-17(13(3)30-19)14-5-7-15(28-4)8-6-14/h5-9H,10H2,1-4H3,(H,21,22,27). The maximum absolute atomic E-state index is 12.5. The molecule has 0 aliphatic carbocycles. The summed E-state index contributed by atoms with van der Waals surface area (Å²) in [6.07, 6.45) is 0. The normalized spacial score (nSPS) is 11.1. The van der Waals surface area contributed by atoms with E-state index in [1.807, 2.05) is 51.1 Å². The molecule has 0 unspecified atom stereocenters. The Morgan fingerprint density at radius 3 is 2.70 bits per heavy atom. The molecule has 8 nitrogen and oxygen atoms in total. The Morgan fingerprint density at radius 1 is 1.20 bits per heavy atom. The molecule has 3 aromatic heterocycles. The van der Waals surface area contributed by atoms with Gasteiger partial charge >= 0.3 is 0 Å². The SMILES string of the molecule is COc1ccc(-c2nc(NC(=O)CSc3nnc4c(C)cc(C)nn34)sc2C)cc1. The number of nitrogens with zero attached hydrogens (tertiary/aromatic N) is 5. The van der Waals surface area contributed by atoms with E-state index >= 15 is 0 Å². The number of carbonyl (C=O) groups is 1. The van der Waals surface area contributed by atoms with Gasteiger partial charge in [0.25, 0.3) is 0 Å². The van der Waals surface area contributed by atoms with Gasteiger partial charge in [0.1, 0.15) is 5.75 Å². The van der Waals surface area contributed by atoms with Crippen LogP contribution in [0.1, 0.15) is 16.1 Å². The van der Waals surface area contributed by atoms with Gasteiger partial charge in [-0.25, -0.2) is 4.98 Å². The highest BCUT2D eigenvalue weighted by Gasteiger charge is 2.15. The van der Waals surface area contributed by atoms with Gasteiger partial charge in [0.05, 0.1) is 24.3 Å². The van der Waals surface area contributed by atoms with Crippen LogP contribution in [0.2, 0.25) is 0 Å². The molecule has 1 amide bonds. The van der Waals surface area contributed by atoms with Crippen LogP contribution < -0.4 is 10.1 Å². The second-order valence-electron chi connectivity index (χ2n) is 6.68. The van der Waals surface area contributed by atoms with E-state index in [-0.39, 0.29) is 11.7 Å². The molecule has 1 N–H and O–H groups in total. The van der Waals surface area contributed by atoms with Gasteiger partial charge < -0.3 is 10.1 Å². The van der Waals surface area contributed by atoms with E-state index in [9.17, 15) is 4.79 Å². The van der Waals surface area contributed by atoms with Crippen molar-refractivity contribution in [3.8, 4) is 17.0 Å². The lowest BCUT2D eigenvalue weighted by Gasteiger charge is -2.03. The van der Waals surface area contributed by atoms with Gasteiger partial charge in [0.2, 0.25) is 11.1 Å². The molecular formula is C20H20N6O2S2. The lowest BCUT2D eigenvalue weighted by molar-refractivity contribution is -0.113. The van der Waals surface area contributed by atoms with Crippen LogP contribution in [0.4, 0.5) is 5.13 Å². The van der Waals surface area contributed by atoms with Gasteiger partial charge in [-0.3, -0.25) is 4.79 Å². The third-order valence-corrected chi connectivity index (χ3v) is 6.19. The summed E-state index contributed by atoms with van der Waals surface area (Å²) in [7, 11) is 1.63. The predicted molar refractivity (Wildman–Crippen MR) is 118 cm³/mol. The highest BCUT2D eigenvalue weighted by molar-refractivity contribution is 7.99. The third-order valence-electron chi connectivity index (χ3n) is 4.39. The minimum Gasteiger partial charge on any atom is -0.497 e. The summed E-state index contributed by atoms with van der Waals surface area (Å²) in [6.45, 7) is 5.87. The summed E-state index contributed by atoms with van der Waals surface area (Å²) in [6, 6.07) is 9.65. The largest absolute Gasteiger partial charge is 0.497 e. The van der Waals surface area contributed by atoms with Crippen molar-refractivity contribution in [3.05, 3.63) is 46.5 Å². The number of anilines is 1. The number of carbonyl (C=O) groups excluding carboxylic acids is 1. The Balaban J connectivity index is 1.43. The van der Waals surface area contributed by atoms with E-state index in [1.165, 1.54) is 23.1 Å². The number of amides is 1. The maximum Gasteiger partial charge on any atom is 0.236 e. The van der Waals surface area contributed by atoms with Gasteiger partial charge in [-0.15, -0.1) is 21.5 Å². The Hall–Kier alpha value is -2.98. The van der Waals surface area contributed by atoms with Crippen molar-refractivity contribution >= 4 is 39.8 Å². The van der Waals surface area contributed by atoms with Crippen molar-refractivity contribution in [1.29, 1.82) is 0 Å². The molecular weight excluding hydrogens is 420 g/mol. The quantitative estimate of drug-likeness (QED) is 0.454. The zero-order valence-electron chi connectivity index (χ0n) is 17.0. The Kier molecular flexibility index (Phi) is 5.69. The van der Waals surface area contributed by atoms with E-state index in [1.54, 1.807) is 11.6 Å². The van der Waals surface area contributed by atoms with Gasteiger partial charge in [-0.2, -0.15) is 9.61 Å². The summed E-state index contributed by atoms with van der Waals surface area (Å²) < 4.78 is 6.88. The smallest absolute Gasteiger partial charge is 0.236 e. The van der Waals surface area contributed by atoms with E-state index in [0.717, 1.165) is 33.1 Å². The molecule has 0 spiro atoms. The van der Waals surface area contributed by atoms with Crippen LogP contribution in [-0.4, -0.2) is 43.6 Å². The number of nitrogens with one attached hydrogen (secondary N) is 1. The third kappa shape index (κ3) is 4.14. The molecule has 1 aromatic carbocycles. The average Bonchev–Trinajstić information content (AvgIpc) is 3.29. The van der Waals surface area contributed by atoms with E-state index in [2.05, 4.69) is 25.6 Å². The maximum atomic E-state index is 12.5. The summed E-state index contributed by atoms with van der Waals surface area (Å²) in [5.74, 6) is 0.820. The summed E-state index contributed by atoms with van der Waals surface area (Å²) in [5, 5.41) is 16.8. The molecule has 0 aliphatic rings. The molecule has 0 aliphatic heterocycles. The predicted octanol–water partition coefficient (Wildman–Crippen LogP) is 3.91. The minimum atomic E-state index is -0.156. The molecule has 4 rings (SSSR count). The lowest BCUT2D eigenvalue weighted by atomic mass is 10.1. The number of fused-ring (bicyclic) bond motifs is 1. The number of aromatic nitrogens is 5. The van der Waals surface area contributed by atoms with E-state index < -0.39 is 0 Å². The molecule has 4 aromatic rings. The molecule has 0 radical (unpaired) electrons. The molecule has 0 fully saturated rings. The number of hydrogen-bond donors (Lipinski definition) is 1. The first-order valence-electron chi connectivity index (χ1n) is 9.19. The first kappa shape index (κ1) is 20.3. The van der Waals surface area contributed by atoms with Crippen LogP contribution in [0.3, 0.4) is 0 Å². The van der Waals surface area contributed by atoms with Crippen LogP contribution in [0.25, 0.3) is 16.9 Å². The fraction of sp³-hybridized carbons (Fsp3) is 0.250. The van der Waals surface area contributed by atoms with Gasteiger partial charge in [0.15, 0.2) is 10.8 Å². The molecule has 0 saturated carbocycles. The van der Waals surface area contributed by atoms with Crippen LogP contribution in [-0.2, 0) is 4.79 Å². The zero-order chi connectivity index (χ0) is 21.3. The number of ether oxygens (including phenoxy) is 1. The van der Waals surface area contributed by atoms with Crippen molar-refractivity contribution < 1.29 is 9.53 Å². The second-order valence-corrected chi connectivity index (χ2v) is 8.82. The van der Waals surface area contributed by atoms with Gasteiger partial charge in [0, 0.05) is 10.4 Å². The molecule has 0 atom stereocenters. The number of aryl methyl sites for hydroxylation is 3. The van der Waals surface area contributed by atoms with Crippen LogP contribution >= 0.6 is 23.1 Å². The van der Waals surface area contributed by atoms with Gasteiger partial charge in [-0.1, -0.05) is 11.8 Å². The van der Waals surface area contributed by atoms with E-state index in [4.69, 9.17) is 4.74 Å². The van der Waals surface area contributed by atoms with Crippen molar-refractivity contribution in [2.45, 2.75) is 25.9 Å². The van der Waals surface area contributed by atoms with Crippen LogP contribution in [0, 0.1) is 20.8 Å². The second kappa shape index (κ2) is 8.41. The number of thiazole rings is 1. The number of methoxy groups -OCH3 is 1. The highest BCUT2D eigenvalue weighted by atomic mass is 32.2. The Labute approximate surface area is 181 Å². The number of thioether (sulfide) groups is 1. The zero-order valence-corrected chi connectivity index (χ0v) is 18.6. The summed E-state index contributed by atoms with van der Waals surface area (Å²) >= 11 is 2.74. The van der Waals surface area contributed by atoms with Crippen molar-refractivity contribution in [3.63, 3.8) is 0 Å². The Morgan fingerprint density at radius 2 is 1.97 bits per heavy atom. The monoisotopic (exact) mass is 440 g/mol. The first-order chi connectivity index (χ1) is 14.4. The average molecular weight is 441 g/mol. The molecule has 3 heterocycles. The minimum absolute atomic E-state index is 0.156. The van der Waals surface area contributed by atoms with Crippen molar-refractivity contribution in [1.82, 2.24) is 24.8 Å². The molecule has 10 heteroatoms. The van der Waals surface area contributed by atoms with Crippen molar-refractivity contribution in [2.75, 3.05) is 18.2 Å². The number of benzene rings is 1. The fourth-order valence-electron chi connectivity index (χ4n) is 3.01. The summed E-state index contributed by atoms with van der Waals surface area (Å²) in [4.78, 5) is 18.1. The van der Waals surface area contributed by atoms with Gasteiger partial charge in [-0.05, 0) is 56.7 Å². The van der Waals surface area contributed by atoms with Crippen molar-refractivity contribution in [2.24, 2.45) is 0 Å². The molecule has 154 valence electrons. The summed E-state index contributed by atoms with van der Waals surface area (Å²) in [5.41, 5.74) is 4.39. The number of hydrogen-bond acceptors (Lipinski definition) is 8. The molecule has 30 heavy (non-hydrogen) atoms. The van der Waals surface area contributed by atoms with E-state index in [0.29, 0.717) is 15.9 Å². The topological polar surface area (TPSA) is 94.3 Å². The lowest BCUT2D eigenvalue weighted by Crippen LogP contribution is -2.14. The fourth-order valence-corrected chi connectivity index (χ4v) is 4.54. The molecule has 0 saturated heterocycles. The first-order valence-corrected chi connectivity index (χ1v) is 11.0.